The molecule has 12 heavy (non-hydrogen) atoms. The highest BCUT2D eigenvalue weighted by atomic mass is 16.1. The quantitative estimate of drug-likeness (QED) is 0.638. The van der Waals surface area contributed by atoms with Gasteiger partial charge in [0.05, 0.1) is 11.9 Å². The van der Waals surface area contributed by atoms with Crippen molar-refractivity contribution in [3.05, 3.63) is 24.0 Å². The number of Topliss-reactive ketones (excluding diaryl/α,β-unsaturated/α-hetero) is 1. The van der Waals surface area contributed by atoms with E-state index in [1.807, 2.05) is 6.07 Å². The summed E-state index contributed by atoms with van der Waals surface area (Å²) >= 11 is 0. The maximum absolute atomic E-state index is 11.1. The van der Waals surface area contributed by atoms with Gasteiger partial charge in [-0.05, 0) is 13.0 Å². The van der Waals surface area contributed by atoms with Crippen LogP contribution in [0.5, 0.6) is 0 Å². The first-order valence-electron chi connectivity index (χ1n) is 3.75. The fourth-order valence-electron chi connectivity index (χ4n) is 1.31. The first-order valence-corrected chi connectivity index (χ1v) is 3.75. The second kappa shape index (κ2) is 2.57. The Morgan fingerprint density at radius 3 is 3.25 bits per heavy atom. The van der Waals surface area contributed by atoms with Crippen molar-refractivity contribution in [2.75, 3.05) is 5.43 Å². The number of nitrogens with zero attached hydrogens (tertiary/aromatic N) is 1. The Morgan fingerprint density at radius 1 is 1.67 bits per heavy atom. The van der Waals surface area contributed by atoms with Gasteiger partial charge >= 0.3 is 0 Å². The highest BCUT2D eigenvalue weighted by Gasteiger charge is 2.24. The minimum Gasteiger partial charge on any atom is -0.319 e. The van der Waals surface area contributed by atoms with E-state index < -0.39 is 0 Å². The van der Waals surface area contributed by atoms with E-state index in [-0.39, 0.29) is 11.8 Å². The van der Waals surface area contributed by atoms with Crippen molar-refractivity contribution < 1.29 is 4.79 Å². The van der Waals surface area contributed by atoms with Gasteiger partial charge in [-0.25, -0.2) is 5.43 Å². The third kappa shape index (κ3) is 0.967. The average Bonchev–Trinajstić information content (AvgIpc) is 2.47. The summed E-state index contributed by atoms with van der Waals surface area (Å²) in [7, 11) is 0. The standard InChI is InChI=1S/C8H9N3O/c1-5(12)8-6-2-3-9-4-7(6)10-11-8/h2-4,8,10-11H,1H3. The zero-order valence-corrected chi connectivity index (χ0v) is 6.66. The molecule has 4 heteroatoms. The summed E-state index contributed by atoms with van der Waals surface area (Å²) in [5.74, 6) is 0.104. The molecule has 1 atom stereocenters. The van der Waals surface area contributed by atoms with Crippen molar-refractivity contribution in [3.63, 3.8) is 0 Å². The van der Waals surface area contributed by atoms with Crippen LogP contribution in [0.25, 0.3) is 0 Å². The predicted molar refractivity (Wildman–Crippen MR) is 44.4 cm³/mol. The lowest BCUT2D eigenvalue weighted by atomic mass is 10.1. The van der Waals surface area contributed by atoms with Crippen molar-refractivity contribution in [2.45, 2.75) is 13.0 Å². The van der Waals surface area contributed by atoms with Gasteiger partial charge in [-0.15, -0.1) is 0 Å². The molecule has 1 unspecified atom stereocenters. The van der Waals surface area contributed by atoms with Crippen LogP contribution in [0.3, 0.4) is 0 Å². The lowest BCUT2D eigenvalue weighted by Gasteiger charge is -2.04. The number of fused-ring (bicyclic) bond motifs is 1. The molecule has 2 N–H and O–H groups in total. The van der Waals surface area contributed by atoms with Crippen molar-refractivity contribution in [3.8, 4) is 0 Å². The number of aromatic nitrogens is 1. The molecule has 2 heterocycles. The molecule has 0 saturated carbocycles. The molecule has 2 rings (SSSR count). The number of pyridine rings is 1. The molecule has 4 nitrogen and oxygen atoms in total. The summed E-state index contributed by atoms with van der Waals surface area (Å²) in [6.07, 6.45) is 3.38. The number of carbonyl (C=O) groups is 1. The summed E-state index contributed by atoms with van der Waals surface area (Å²) in [5, 5.41) is 0. The highest BCUT2D eigenvalue weighted by Crippen LogP contribution is 2.26. The zero-order valence-electron chi connectivity index (χ0n) is 6.66. The molecule has 0 fully saturated rings. The maximum Gasteiger partial charge on any atom is 0.153 e. The summed E-state index contributed by atoms with van der Waals surface area (Å²) in [6.45, 7) is 1.56. The van der Waals surface area contributed by atoms with Gasteiger partial charge in [0.25, 0.3) is 0 Å². The van der Waals surface area contributed by atoms with Crippen LogP contribution >= 0.6 is 0 Å². The summed E-state index contributed by atoms with van der Waals surface area (Å²) in [6, 6.07) is 1.62. The minimum atomic E-state index is -0.219. The normalized spacial score (nSPS) is 19.9. The number of carbonyl (C=O) groups excluding carboxylic acids is 1. The molecule has 1 aliphatic rings. The van der Waals surface area contributed by atoms with E-state index in [0.717, 1.165) is 11.3 Å². The number of nitrogens with one attached hydrogen (secondary N) is 2. The first-order chi connectivity index (χ1) is 5.79. The third-order valence-corrected chi connectivity index (χ3v) is 1.92. The van der Waals surface area contributed by atoms with Crippen molar-refractivity contribution in [1.29, 1.82) is 0 Å². The van der Waals surface area contributed by atoms with Crippen molar-refractivity contribution >= 4 is 11.5 Å². The van der Waals surface area contributed by atoms with E-state index >= 15 is 0 Å². The summed E-state index contributed by atoms with van der Waals surface area (Å²) < 4.78 is 0. The lowest BCUT2D eigenvalue weighted by molar-refractivity contribution is -0.118. The molecule has 0 bridgehead atoms. The number of ketones is 1. The van der Waals surface area contributed by atoms with Crippen LogP contribution in [0.15, 0.2) is 18.5 Å². The van der Waals surface area contributed by atoms with E-state index in [0.29, 0.717) is 0 Å². The Kier molecular flexibility index (Phi) is 1.55. The topological polar surface area (TPSA) is 54.0 Å². The number of anilines is 1. The highest BCUT2D eigenvalue weighted by molar-refractivity contribution is 5.86. The van der Waals surface area contributed by atoms with Crippen LogP contribution in [0.1, 0.15) is 18.5 Å². The Morgan fingerprint density at radius 2 is 2.50 bits per heavy atom. The van der Waals surface area contributed by atoms with Crippen LogP contribution in [-0.2, 0) is 4.79 Å². The molecule has 0 radical (unpaired) electrons. The van der Waals surface area contributed by atoms with Gasteiger partial charge in [0.1, 0.15) is 6.04 Å². The largest absolute Gasteiger partial charge is 0.319 e. The van der Waals surface area contributed by atoms with Gasteiger partial charge in [-0.2, -0.15) is 0 Å². The molecule has 1 aromatic rings. The average molecular weight is 163 g/mol. The molecule has 0 saturated heterocycles. The van der Waals surface area contributed by atoms with Gasteiger partial charge in [-0.1, -0.05) is 0 Å². The Labute approximate surface area is 70.0 Å². The number of rotatable bonds is 1. The number of hydrazine groups is 1. The molecule has 0 aliphatic carbocycles. The molecule has 62 valence electrons. The number of hydrogen-bond acceptors (Lipinski definition) is 4. The Bertz CT molecular complexity index is 324. The summed E-state index contributed by atoms with van der Waals surface area (Å²) in [4.78, 5) is 15.0. The van der Waals surface area contributed by atoms with Gasteiger partial charge in [-0.3, -0.25) is 9.78 Å². The van der Waals surface area contributed by atoms with E-state index in [4.69, 9.17) is 0 Å². The Balaban J connectivity index is 2.42. The fraction of sp³-hybridized carbons (Fsp3) is 0.250. The fourth-order valence-corrected chi connectivity index (χ4v) is 1.31. The van der Waals surface area contributed by atoms with Crippen LogP contribution in [-0.4, -0.2) is 10.8 Å². The number of hydrogen-bond donors (Lipinski definition) is 2. The first kappa shape index (κ1) is 7.24. The summed E-state index contributed by atoms with van der Waals surface area (Å²) in [5.41, 5.74) is 7.64. The second-order valence-corrected chi connectivity index (χ2v) is 2.78. The SMILES string of the molecule is CC(=O)C1NNc2cnccc21. The molecular weight excluding hydrogens is 154 g/mol. The van der Waals surface area contributed by atoms with Crippen LogP contribution in [0.2, 0.25) is 0 Å². The van der Waals surface area contributed by atoms with Crippen molar-refractivity contribution in [1.82, 2.24) is 10.4 Å². The maximum atomic E-state index is 11.1. The molecular formula is C8H9N3O. The smallest absolute Gasteiger partial charge is 0.153 e. The lowest BCUT2D eigenvalue weighted by Crippen LogP contribution is -2.24. The van der Waals surface area contributed by atoms with Gasteiger partial charge in [0, 0.05) is 11.8 Å². The molecule has 0 spiro atoms. The van der Waals surface area contributed by atoms with Crippen LogP contribution in [0, 0.1) is 0 Å². The molecule has 0 aromatic carbocycles. The molecule has 1 aromatic heterocycles. The second-order valence-electron chi connectivity index (χ2n) is 2.78. The van der Waals surface area contributed by atoms with Crippen LogP contribution < -0.4 is 10.9 Å². The zero-order chi connectivity index (χ0) is 8.55. The van der Waals surface area contributed by atoms with E-state index in [1.54, 1.807) is 19.3 Å². The molecule has 0 amide bonds. The predicted octanol–water partition coefficient (Wildman–Crippen LogP) is 0.642. The van der Waals surface area contributed by atoms with Gasteiger partial charge in [0.2, 0.25) is 0 Å². The van der Waals surface area contributed by atoms with Gasteiger partial charge < -0.3 is 5.43 Å². The Hall–Kier alpha value is -1.42. The molecule has 1 aliphatic heterocycles. The van der Waals surface area contributed by atoms with Crippen molar-refractivity contribution in [2.24, 2.45) is 0 Å². The third-order valence-electron chi connectivity index (χ3n) is 1.92. The minimum absolute atomic E-state index is 0.104. The van der Waals surface area contributed by atoms with E-state index in [2.05, 4.69) is 15.8 Å². The van der Waals surface area contributed by atoms with Gasteiger partial charge in [0.15, 0.2) is 5.78 Å². The van der Waals surface area contributed by atoms with Crippen LogP contribution in [0.4, 0.5) is 5.69 Å². The van der Waals surface area contributed by atoms with E-state index in [1.165, 1.54) is 0 Å². The van der Waals surface area contributed by atoms with E-state index in [9.17, 15) is 4.79 Å². The monoisotopic (exact) mass is 163 g/mol.